The van der Waals surface area contributed by atoms with Gasteiger partial charge < -0.3 is 11.1 Å². The number of hydrogen-bond donors (Lipinski definition) is 2. The highest BCUT2D eigenvalue weighted by Gasteiger charge is 2.13. The molecular weight excluding hydrogens is 398 g/mol. The zero-order valence-electron chi connectivity index (χ0n) is 14.6. The fourth-order valence-corrected chi connectivity index (χ4v) is 4.97. The molecule has 0 saturated heterocycles. The van der Waals surface area contributed by atoms with Crippen molar-refractivity contribution in [2.45, 2.75) is 19.4 Å². The molecule has 0 radical (unpaired) electrons. The lowest BCUT2D eigenvalue weighted by Crippen LogP contribution is -2.31. The van der Waals surface area contributed by atoms with Crippen molar-refractivity contribution in [3.8, 4) is 9.88 Å². The van der Waals surface area contributed by atoms with Crippen LogP contribution < -0.4 is 11.1 Å². The third-order valence-electron chi connectivity index (χ3n) is 4.13. The first-order chi connectivity index (χ1) is 13.1. The lowest BCUT2D eigenvalue weighted by molar-refractivity contribution is 0.698. The van der Waals surface area contributed by atoms with Gasteiger partial charge in [-0.15, -0.1) is 21.5 Å². The van der Waals surface area contributed by atoms with Crippen LogP contribution in [0, 0.1) is 6.92 Å². The summed E-state index contributed by atoms with van der Waals surface area (Å²) in [7, 11) is 0. The Hall–Kier alpha value is -2.06. The Bertz CT molecular complexity index is 1070. The molecule has 0 aliphatic rings. The average molecular weight is 416 g/mol. The van der Waals surface area contributed by atoms with Gasteiger partial charge in [0.15, 0.2) is 5.01 Å². The molecule has 0 aliphatic carbocycles. The summed E-state index contributed by atoms with van der Waals surface area (Å²) >= 11 is 9.34. The van der Waals surface area contributed by atoms with Crippen molar-refractivity contribution in [3.63, 3.8) is 0 Å². The van der Waals surface area contributed by atoms with Gasteiger partial charge in [0.25, 0.3) is 0 Å². The number of aryl methyl sites for hydroxylation is 1. The highest BCUT2D eigenvalue weighted by atomic mass is 35.5. The minimum absolute atomic E-state index is 0.00774. The number of halogens is 1. The third-order valence-corrected chi connectivity index (χ3v) is 6.55. The summed E-state index contributed by atoms with van der Waals surface area (Å²) in [6.45, 7) is 2.73. The van der Waals surface area contributed by atoms with Crippen molar-refractivity contribution in [1.82, 2.24) is 15.2 Å². The summed E-state index contributed by atoms with van der Waals surface area (Å²) in [5.41, 5.74) is 8.76. The first-order valence-corrected chi connectivity index (χ1v) is 10.5. The van der Waals surface area contributed by atoms with Crippen LogP contribution in [0.2, 0.25) is 5.02 Å². The highest BCUT2D eigenvalue weighted by Crippen LogP contribution is 2.38. The largest absolute Gasteiger partial charge is 0.359 e. The van der Waals surface area contributed by atoms with Gasteiger partial charge in [-0.05, 0) is 25.0 Å². The first-order valence-electron chi connectivity index (χ1n) is 8.50. The number of nitrogens with one attached hydrogen (secondary N) is 1. The maximum atomic E-state index is 6.26. The molecule has 0 amide bonds. The number of pyridine rings is 1. The Kier molecular flexibility index (Phi) is 5.36. The van der Waals surface area contributed by atoms with Gasteiger partial charge in [-0.25, -0.2) is 0 Å². The molecule has 1 atom stereocenters. The minimum atomic E-state index is 0.00774. The fraction of sp³-hybridized carbons (Fsp3) is 0.211. The molecule has 0 aliphatic heterocycles. The van der Waals surface area contributed by atoms with Crippen LogP contribution in [0.5, 0.6) is 0 Å². The molecule has 3 N–H and O–H groups in total. The van der Waals surface area contributed by atoms with E-state index in [1.165, 1.54) is 22.5 Å². The average Bonchev–Trinajstić information content (AvgIpc) is 3.27. The molecule has 0 unspecified atom stereocenters. The number of benzene rings is 1. The Balaban J connectivity index is 1.41. The summed E-state index contributed by atoms with van der Waals surface area (Å²) in [6, 6.07) is 10.5. The van der Waals surface area contributed by atoms with Crippen LogP contribution in [0.15, 0.2) is 42.7 Å². The molecule has 0 spiro atoms. The second-order valence-corrected chi connectivity index (χ2v) is 8.86. The second-order valence-electron chi connectivity index (χ2n) is 6.39. The monoisotopic (exact) mass is 415 g/mol. The first kappa shape index (κ1) is 18.3. The van der Waals surface area contributed by atoms with Gasteiger partial charge in [-0.2, -0.15) is 0 Å². The molecule has 3 aromatic heterocycles. The van der Waals surface area contributed by atoms with Crippen LogP contribution in [0.25, 0.3) is 20.0 Å². The van der Waals surface area contributed by atoms with Crippen LogP contribution in [0.4, 0.5) is 5.13 Å². The molecule has 1 aromatic carbocycles. The summed E-state index contributed by atoms with van der Waals surface area (Å²) in [6.07, 6.45) is 4.30. The van der Waals surface area contributed by atoms with Gasteiger partial charge >= 0.3 is 0 Å². The molecule has 3 heterocycles. The van der Waals surface area contributed by atoms with Gasteiger partial charge in [0.2, 0.25) is 5.13 Å². The molecule has 138 valence electrons. The molecule has 4 rings (SSSR count). The number of aromatic nitrogens is 3. The van der Waals surface area contributed by atoms with Gasteiger partial charge in [-0.1, -0.05) is 52.8 Å². The smallest absolute Gasteiger partial charge is 0.206 e. The van der Waals surface area contributed by atoms with E-state index in [4.69, 9.17) is 17.3 Å². The Labute approximate surface area is 170 Å². The zero-order chi connectivity index (χ0) is 18.8. The van der Waals surface area contributed by atoms with Gasteiger partial charge in [0, 0.05) is 30.4 Å². The number of anilines is 1. The van der Waals surface area contributed by atoms with E-state index in [1.54, 1.807) is 17.5 Å². The van der Waals surface area contributed by atoms with E-state index in [1.807, 2.05) is 12.3 Å². The van der Waals surface area contributed by atoms with Crippen LogP contribution >= 0.6 is 34.3 Å². The molecule has 8 heteroatoms. The molecule has 27 heavy (non-hydrogen) atoms. The lowest BCUT2D eigenvalue weighted by Gasteiger charge is -2.12. The lowest BCUT2D eigenvalue weighted by atomic mass is 10.0. The number of hydrogen-bond acceptors (Lipinski definition) is 7. The maximum absolute atomic E-state index is 6.26. The van der Waals surface area contributed by atoms with Crippen molar-refractivity contribution in [1.29, 1.82) is 0 Å². The van der Waals surface area contributed by atoms with E-state index in [2.05, 4.69) is 51.7 Å². The normalized spacial score (nSPS) is 12.4. The topological polar surface area (TPSA) is 76.7 Å². The maximum Gasteiger partial charge on any atom is 0.206 e. The highest BCUT2D eigenvalue weighted by molar-refractivity contribution is 7.26. The fourth-order valence-electron chi connectivity index (χ4n) is 2.86. The Morgan fingerprint density at radius 2 is 2.07 bits per heavy atom. The van der Waals surface area contributed by atoms with E-state index in [0.717, 1.165) is 31.5 Å². The van der Waals surface area contributed by atoms with Crippen molar-refractivity contribution in [3.05, 3.63) is 58.9 Å². The standard InChI is InChI=1S/C19H18ClN5S2/c1-11-3-2-4-12(5-11)6-13(21)8-23-19-25-24-18(27-19)16-7-14-15(20)9-22-10-17(14)26-16/h2-5,7,9-10,13H,6,8,21H2,1H3,(H,23,25)/t13-/m1/s1. The van der Waals surface area contributed by atoms with E-state index < -0.39 is 0 Å². The quantitative estimate of drug-likeness (QED) is 0.474. The van der Waals surface area contributed by atoms with Crippen LogP contribution in [0.3, 0.4) is 0 Å². The molecule has 0 bridgehead atoms. The number of nitrogens with zero attached hydrogens (tertiary/aromatic N) is 3. The number of nitrogens with two attached hydrogens (primary N) is 1. The molecule has 0 saturated carbocycles. The number of rotatable bonds is 6. The van der Waals surface area contributed by atoms with E-state index in [9.17, 15) is 0 Å². The zero-order valence-corrected chi connectivity index (χ0v) is 17.0. The predicted octanol–water partition coefficient (Wildman–Crippen LogP) is 4.76. The van der Waals surface area contributed by atoms with E-state index >= 15 is 0 Å². The summed E-state index contributed by atoms with van der Waals surface area (Å²) in [5.74, 6) is 0. The van der Waals surface area contributed by atoms with E-state index in [0.29, 0.717) is 11.6 Å². The molecular formula is C19H18ClN5S2. The Morgan fingerprint density at radius 1 is 1.19 bits per heavy atom. The SMILES string of the molecule is Cc1cccc(C[C@@H](N)CNc2nnc(-c3cc4c(Cl)cncc4s3)s2)c1. The minimum Gasteiger partial charge on any atom is -0.359 e. The van der Waals surface area contributed by atoms with Gasteiger partial charge in [-0.3, -0.25) is 4.98 Å². The van der Waals surface area contributed by atoms with Crippen LogP contribution in [-0.2, 0) is 6.42 Å². The predicted molar refractivity (Wildman–Crippen MR) is 115 cm³/mol. The molecule has 4 aromatic rings. The van der Waals surface area contributed by atoms with Crippen molar-refractivity contribution in [2.75, 3.05) is 11.9 Å². The van der Waals surface area contributed by atoms with Crippen LogP contribution in [-0.4, -0.2) is 27.8 Å². The second kappa shape index (κ2) is 7.90. The molecule has 0 fully saturated rings. The molecule has 5 nitrogen and oxygen atoms in total. The summed E-state index contributed by atoms with van der Waals surface area (Å²) in [5, 5.41) is 15.1. The van der Waals surface area contributed by atoms with Gasteiger partial charge in [0.1, 0.15) is 0 Å². The van der Waals surface area contributed by atoms with Crippen molar-refractivity contribution >= 4 is 49.5 Å². The van der Waals surface area contributed by atoms with Crippen LogP contribution in [0.1, 0.15) is 11.1 Å². The summed E-state index contributed by atoms with van der Waals surface area (Å²) < 4.78 is 1.04. The van der Waals surface area contributed by atoms with E-state index in [-0.39, 0.29) is 6.04 Å². The Morgan fingerprint density at radius 3 is 2.89 bits per heavy atom. The van der Waals surface area contributed by atoms with Crippen molar-refractivity contribution < 1.29 is 0 Å². The van der Waals surface area contributed by atoms with Gasteiger partial charge in [0.05, 0.1) is 14.6 Å². The number of fused-ring (bicyclic) bond motifs is 1. The third kappa shape index (κ3) is 4.27. The number of thiophene rings is 1. The summed E-state index contributed by atoms with van der Waals surface area (Å²) in [4.78, 5) is 5.17. The van der Waals surface area contributed by atoms with Crippen molar-refractivity contribution in [2.24, 2.45) is 5.73 Å².